The summed E-state index contributed by atoms with van der Waals surface area (Å²) in [5, 5.41) is 20.7. The predicted molar refractivity (Wildman–Crippen MR) is 110 cm³/mol. The van der Waals surface area contributed by atoms with Gasteiger partial charge in [-0.25, -0.2) is 0 Å². The molecule has 0 radical (unpaired) electrons. The number of fused-ring (bicyclic) bond motifs is 1. The molecule has 0 spiro atoms. The fourth-order valence-corrected chi connectivity index (χ4v) is 4.17. The van der Waals surface area contributed by atoms with E-state index in [9.17, 15) is 15.0 Å². The molecule has 1 aromatic heterocycles. The van der Waals surface area contributed by atoms with Crippen LogP contribution in [0.4, 0.5) is 0 Å². The molecule has 0 bridgehead atoms. The summed E-state index contributed by atoms with van der Waals surface area (Å²) >= 11 is 6.49. The van der Waals surface area contributed by atoms with Crippen LogP contribution in [0.3, 0.4) is 0 Å². The highest BCUT2D eigenvalue weighted by Gasteiger charge is 2.26. The molecule has 1 unspecified atom stereocenters. The number of phenolic OH excluding ortho intramolecular Hbond substituents is 1. The number of ketones is 1. The molecule has 0 aliphatic carbocycles. The van der Waals surface area contributed by atoms with Gasteiger partial charge in [-0.15, -0.1) is 0 Å². The lowest BCUT2D eigenvalue weighted by molar-refractivity contribution is 0.102. The Kier molecular flexibility index (Phi) is 4.88. The summed E-state index contributed by atoms with van der Waals surface area (Å²) in [6.45, 7) is 1.57. The third kappa shape index (κ3) is 3.18. The van der Waals surface area contributed by atoms with Gasteiger partial charge in [0.15, 0.2) is 5.78 Å². The van der Waals surface area contributed by atoms with Crippen molar-refractivity contribution < 1.29 is 19.4 Å². The van der Waals surface area contributed by atoms with Gasteiger partial charge in [0.1, 0.15) is 38.9 Å². The third-order valence-electron chi connectivity index (χ3n) is 4.05. The molecule has 126 valence electrons. The van der Waals surface area contributed by atoms with Crippen LogP contribution in [0.5, 0.6) is 5.75 Å². The number of aromatic hydroxyl groups is 1. The van der Waals surface area contributed by atoms with Gasteiger partial charge in [-0.1, -0.05) is 17.0 Å². The number of rotatable bonds is 3. The number of carbonyl (C=O) groups is 1. The molecule has 8 heteroatoms. The van der Waals surface area contributed by atoms with E-state index in [4.69, 9.17) is 4.42 Å². The van der Waals surface area contributed by atoms with Gasteiger partial charge >= 0.3 is 0 Å². The van der Waals surface area contributed by atoms with E-state index in [2.05, 4.69) is 31.9 Å². The smallest absolute Gasteiger partial charge is 0.197 e. The lowest BCUT2D eigenvalue weighted by Gasteiger charge is -2.08. The first kappa shape index (κ1) is 18.3. The van der Waals surface area contributed by atoms with Crippen LogP contribution >= 0.6 is 31.9 Å². The summed E-state index contributed by atoms with van der Waals surface area (Å²) in [6, 6.07) is 6.93. The summed E-state index contributed by atoms with van der Waals surface area (Å²) in [5.41, 5.74) is 3.23. The maximum atomic E-state index is 13.2. The van der Waals surface area contributed by atoms with Crippen molar-refractivity contribution in [3.63, 3.8) is 0 Å². The Morgan fingerprint density at radius 3 is 2.32 bits per heavy atom. The van der Waals surface area contributed by atoms with Gasteiger partial charge in [0, 0.05) is 10.9 Å². The average Bonchev–Trinajstić information content (AvgIpc) is 2.91. The molecular formula is C17H14B2Br2O4. The molecule has 1 atom stereocenters. The summed E-state index contributed by atoms with van der Waals surface area (Å²) in [7, 11) is 3.86. The third-order valence-corrected chi connectivity index (χ3v) is 5.25. The highest BCUT2D eigenvalue weighted by molar-refractivity contribution is 9.11. The molecule has 0 saturated carbocycles. The number of hydrogen-bond donors (Lipinski definition) is 2. The second-order valence-corrected chi connectivity index (χ2v) is 7.80. The van der Waals surface area contributed by atoms with Crippen molar-refractivity contribution in [2.75, 3.05) is 0 Å². The normalized spacial score (nSPS) is 12.5. The molecule has 2 N–H and O–H groups in total. The van der Waals surface area contributed by atoms with Crippen molar-refractivity contribution in [1.82, 2.24) is 0 Å². The molecule has 0 aliphatic heterocycles. The van der Waals surface area contributed by atoms with Crippen LogP contribution in [0.15, 0.2) is 37.6 Å². The molecule has 1 heterocycles. The van der Waals surface area contributed by atoms with Crippen molar-refractivity contribution >= 4 is 75.2 Å². The maximum Gasteiger partial charge on any atom is 0.197 e. The number of aliphatic hydroxyl groups excluding tert-OH is 1. The minimum atomic E-state index is -0.921. The zero-order valence-electron chi connectivity index (χ0n) is 13.9. The van der Waals surface area contributed by atoms with Gasteiger partial charge in [-0.3, -0.25) is 4.79 Å². The number of benzene rings is 2. The summed E-state index contributed by atoms with van der Waals surface area (Å²) in [5.74, 6) is -0.00632. The average molecular weight is 464 g/mol. The predicted octanol–water partition coefficient (Wildman–Crippen LogP) is 1.46. The van der Waals surface area contributed by atoms with Crippen molar-refractivity contribution in [1.29, 1.82) is 0 Å². The molecule has 0 amide bonds. The quantitative estimate of drug-likeness (QED) is 0.456. The minimum Gasteiger partial charge on any atom is -0.506 e. The fraction of sp³-hybridized carbons (Fsp3) is 0.118. The van der Waals surface area contributed by atoms with Gasteiger partial charge in [0.25, 0.3) is 0 Å². The first-order valence-corrected chi connectivity index (χ1v) is 9.23. The first-order valence-electron chi connectivity index (χ1n) is 7.65. The molecule has 0 aliphatic rings. The Balaban J connectivity index is 2.30. The number of hydrogen-bond acceptors (Lipinski definition) is 4. The molecule has 4 nitrogen and oxygen atoms in total. The summed E-state index contributed by atoms with van der Waals surface area (Å²) in [4.78, 5) is 13.2. The Labute approximate surface area is 163 Å². The topological polar surface area (TPSA) is 70.7 Å². The van der Waals surface area contributed by atoms with Crippen LogP contribution < -0.4 is 10.9 Å². The van der Waals surface area contributed by atoms with Gasteiger partial charge < -0.3 is 14.6 Å². The summed E-state index contributed by atoms with van der Waals surface area (Å²) < 4.78 is 6.62. The largest absolute Gasteiger partial charge is 0.506 e. The number of halogens is 2. The van der Waals surface area contributed by atoms with E-state index < -0.39 is 6.10 Å². The standard InChI is InChI=1S/C17H14B2Br2O4/c1-6(22)17-14(13-9(19)4-8(18)5-12(13)25-17)15(23)7-2-10(20)16(24)11(21)3-7/h2-6,22,24H,18-19H2,1H3. The Bertz CT molecular complexity index is 989. The van der Waals surface area contributed by atoms with Crippen LogP contribution in [-0.4, -0.2) is 31.7 Å². The fourth-order valence-electron chi connectivity index (χ4n) is 2.98. The van der Waals surface area contributed by atoms with Crippen LogP contribution in [0, 0.1) is 0 Å². The Morgan fingerprint density at radius 2 is 1.76 bits per heavy atom. The van der Waals surface area contributed by atoms with Crippen molar-refractivity contribution in [2.24, 2.45) is 0 Å². The van der Waals surface area contributed by atoms with Gasteiger partial charge in [-0.05, 0) is 57.0 Å². The number of phenols is 1. The van der Waals surface area contributed by atoms with Crippen molar-refractivity contribution in [3.05, 3.63) is 50.1 Å². The maximum absolute atomic E-state index is 13.2. The van der Waals surface area contributed by atoms with Gasteiger partial charge in [0.2, 0.25) is 0 Å². The number of carbonyl (C=O) groups excluding carboxylic acids is 1. The van der Waals surface area contributed by atoms with Crippen molar-refractivity contribution in [2.45, 2.75) is 13.0 Å². The molecule has 0 saturated heterocycles. The van der Waals surface area contributed by atoms with Crippen LogP contribution in [0.25, 0.3) is 11.0 Å². The lowest BCUT2D eigenvalue weighted by Crippen LogP contribution is -2.16. The minimum absolute atomic E-state index is 0.0242. The molecule has 3 aromatic rings. The number of aliphatic hydroxyl groups is 1. The second kappa shape index (κ2) is 6.67. The monoisotopic (exact) mass is 462 g/mol. The molecular weight excluding hydrogens is 450 g/mol. The SMILES string of the molecule is Bc1cc(B)c2c(C(=O)c3cc(Br)c(O)c(Br)c3)c(C(C)O)oc2c1. The van der Waals surface area contributed by atoms with Gasteiger partial charge in [-0.2, -0.15) is 0 Å². The van der Waals surface area contributed by atoms with Crippen LogP contribution in [-0.2, 0) is 0 Å². The molecule has 2 aromatic carbocycles. The van der Waals surface area contributed by atoms with E-state index in [1.165, 1.54) is 0 Å². The highest BCUT2D eigenvalue weighted by atomic mass is 79.9. The molecule has 3 rings (SSSR count). The second-order valence-electron chi connectivity index (χ2n) is 6.09. The van der Waals surface area contributed by atoms with Crippen LogP contribution in [0.1, 0.15) is 34.7 Å². The van der Waals surface area contributed by atoms with E-state index in [0.717, 1.165) is 10.9 Å². The van der Waals surface area contributed by atoms with E-state index in [1.807, 2.05) is 27.8 Å². The molecule has 25 heavy (non-hydrogen) atoms. The zero-order chi connectivity index (χ0) is 18.5. The number of furan rings is 1. The Hall–Kier alpha value is -1.50. The molecule has 0 fully saturated rings. The van der Waals surface area contributed by atoms with E-state index in [1.54, 1.807) is 19.1 Å². The highest BCUT2D eigenvalue weighted by Crippen LogP contribution is 2.36. The van der Waals surface area contributed by atoms with Crippen molar-refractivity contribution in [3.8, 4) is 5.75 Å². The van der Waals surface area contributed by atoms with E-state index in [-0.39, 0.29) is 17.3 Å². The summed E-state index contributed by atoms with van der Waals surface area (Å²) in [6.07, 6.45) is -0.921. The Morgan fingerprint density at radius 1 is 1.16 bits per heavy atom. The lowest BCUT2D eigenvalue weighted by atomic mass is 9.82. The van der Waals surface area contributed by atoms with Crippen LogP contribution in [0.2, 0.25) is 0 Å². The van der Waals surface area contributed by atoms with Gasteiger partial charge in [0.05, 0.1) is 14.5 Å². The first-order chi connectivity index (χ1) is 11.7. The van der Waals surface area contributed by atoms with E-state index in [0.29, 0.717) is 31.0 Å². The zero-order valence-corrected chi connectivity index (χ0v) is 17.0. The van der Waals surface area contributed by atoms with E-state index >= 15 is 0 Å².